The third-order valence-corrected chi connectivity index (χ3v) is 13.3. The van der Waals surface area contributed by atoms with E-state index in [1.807, 2.05) is 36.1 Å². The molecule has 4 aliphatic heterocycles. The van der Waals surface area contributed by atoms with E-state index in [-0.39, 0.29) is 48.2 Å². The molecule has 0 radical (unpaired) electrons. The molecule has 63 heavy (non-hydrogen) atoms. The van der Waals surface area contributed by atoms with Gasteiger partial charge in [-0.25, -0.2) is 14.8 Å². The number of benzene rings is 2. The fourth-order valence-electron chi connectivity index (χ4n) is 10.1. The number of ether oxygens (including phenoxy) is 1. The molecule has 2 N–H and O–H groups in total. The van der Waals surface area contributed by atoms with Crippen molar-refractivity contribution in [1.29, 1.82) is 5.26 Å². The first-order valence-electron chi connectivity index (χ1n) is 21.9. The molecule has 326 valence electrons. The molecule has 9 rings (SSSR count). The summed E-state index contributed by atoms with van der Waals surface area (Å²) in [6.07, 6.45) is 8.74. The Morgan fingerprint density at radius 3 is 2.38 bits per heavy atom. The number of rotatable bonds is 9. The number of fused-ring (bicyclic) bond motifs is 2. The van der Waals surface area contributed by atoms with Gasteiger partial charge in [0.1, 0.15) is 24.0 Å². The molecule has 1 saturated carbocycles. The molecule has 3 saturated heterocycles. The highest BCUT2D eigenvalue weighted by Crippen LogP contribution is 2.37. The fourth-order valence-corrected chi connectivity index (χ4v) is 10.1. The predicted octanol–water partition coefficient (Wildman–Crippen LogP) is 4.72. The summed E-state index contributed by atoms with van der Waals surface area (Å²) < 4.78 is 6.32. The number of piperidine rings is 2. The molecule has 2 aromatic heterocycles. The van der Waals surface area contributed by atoms with E-state index in [1.165, 1.54) is 0 Å². The second kappa shape index (κ2) is 16.9. The molecule has 3 atom stereocenters. The molecular weight excluding hydrogens is 803 g/mol. The van der Waals surface area contributed by atoms with Gasteiger partial charge in [-0.1, -0.05) is 0 Å². The Balaban J connectivity index is 0.751. The maximum atomic E-state index is 13.6. The zero-order valence-electron chi connectivity index (χ0n) is 35.9. The summed E-state index contributed by atoms with van der Waals surface area (Å²) in [5.74, 6) is -0.988. The lowest BCUT2D eigenvalue weighted by atomic mass is 9.84. The third-order valence-electron chi connectivity index (χ3n) is 13.3. The number of anilines is 3. The average Bonchev–Trinajstić information content (AvgIpc) is 3.51. The number of carbonyl (C=O) groups is 5. The number of piperazine rings is 1. The van der Waals surface area contributed by atoms with Crippen LogP contribution in [0.1, 0.15) is 92.5 Å². The smallest absolute Gasteiger partial charge is 0.322 e. The number of nitrogens with zero attached hydrogens (tertiary/aromatic N) is 9. The van der Waals surface area contributed by atoms with Crippen molar-refractivity contribution in [3.05, 3.63) is 77.7 Å². The maximum absolute atomic E-state index is 13.6. The Morgan fingerprint density at radius 1 is 0.921 bits per heavy atom. The molecule has 17 heteroatoms. The van der Waals surface area contributed by atoms with Gasteiger partial charge in [0, 0.05) is 92.9 Å². The fraction of sp³-hybridized carbons (Fsp3) is 0.457. The van der Waals surface area contributed by atoms with Crippen LogP contribution in [0, 0.1) is 11.3 Å². The summed E-state index contributed by atoms with van der Waals surface area (Å²) in [7, 11) is 0. The lowest BCUT2D eigenvalue weighted by Gasteiger charge is -2.50. The summed E-state index contributed by atoms with van der Waals surface area (Å²) in [6.45, 7) is 11.3. The van der Waals surface area contributed by atoms with Crippen molar-refractivity contribution in [2.75, 3.05) is 41.3 Å². The molecule has 4 aromatic rings. The van der Waals surface area contributed by atoms with Crippen molar-refractivity contribution >= 4 is 57.9 Å². The van der Waals surface area contributed by atoms with E-state index >= 15 is 0 Å². The summed E-state index contributed by atoms with van der Waals surface area (Å²) in [5.41, 5.74) is 3.19. The van der Waals surface area contributed by atoms with E-state index in [0.717, 1.165) is 54.7 Å². The summed E-state index contributed by atoms with van der Waals surface area (Å²) in [6, 6.07) is 14.6. The molecule has 5 aliphatic rings. The number of carbonyl (C=O) groups excluding carboxylic acids is 5. The predicted molar refractivity (Wildman–Crippen MR) is 233 cm³/mol. The number of nitriles is 1. The lowest BCUT2D eigenvalue weighted by molar-refractivity contribution is -0.136. The van der Waals surface area contributed by atoms with Crippen molar-refractivity contribution in [3.63, 3.8) is 0 Å². The van der Waals surface area contributed by atoms with Crippen LogP contribution in [0.2, 0.25) is 0 Å². The van der Waals surface area contributed by atoms with Crippen molar-refractivity contribution in [3.8, 4) is 11.8 Å². The Bertz CT molecular complexity index is 2510. The van der Waals surface area contributed by atoms with E-state index < -0.39 is 29.7 Å². The maximum Gasteiger partial charge on any atom is 0.322 e. The molecular formula is C46H51N11O6. The van der Waals surface area contributed by atoms with Crippen LogP contribution >= 0.6 is 0 Å². The molecule has 1 aliphatic carbocycles. The quantitative estimate of drug-likeness (QED) is 0.220. The number of amides is 6. The first-order chi connectivity index (χ1) is 30.4. The van der Waals surface area contributed by atoms with Gasteiger partial charge in [-0.3, -0.25) is 39.3 Å². The van der Waals surface area contributed by atoms with E-state index in [0.29, 0.717) is 59.7 Å². The highest BCUT2D eigenvalue weighted by atomic mass is 16.5. The molecule has 1 unspecified atom stereocenters. The van der Waals surface area contributed by atoms with E-state index in [9.17, 15) is 29.2 Å². The molecule has 0 spiro atoms. The third kappa shape index (κ3) is 7.88. The lowest BCUT2D eigenvalue weighted by Crippen LogP contribution is -2.59. The Kier molecular flexibility index (Phi) is 11.2. The van der Waals surface area contributed by atoms with Crippen LogP contribution in [0.4, 0.5) is 22.1 Å². The van der Waals surface area contributed by atoms with Crippen LogP contribution in [0.15, 0.2) is 61.1 Å². The SMILES string of the molecule is CC(C)N(C1CCN(c2ncc(NC(=O)N3C[C@H](C)N(c4ccc(C#N)c5ncccc45)C[C@H]3C)cn2)CC1)[C@H]1C[C@H](Oc2ccc3c(c2)C(=O)N(C2CCC(=O)NC2=O)C3=O)C1. The van der Waals surface area contributed by atoms with Gasteiger partial charge in [0.2, 0.25) is 17.8 Å². The number of aromatic nitrogens is 3. The van der Waals surface area contributed by atoms with E-state index in [4.69, 9.17) is 4.74 Å². The molecule has 0 bridgehead atoms. The summed E-state index contributed by atoms with van der Waals surface area (Å²) in [5, 5.41) is 15.8. The van der Waals surface area contributed by atoms with Crippen molar-refractivity contribution in [2.45, 2.75) is 109 Å². The molecule has 6 heterocycles. The minimum atomic E-state index is -1.01. The minimum absolute atomic E-state index is 0.0241. The monoisotopic (exact) mass is 853 g/mol. The van der Waals surface area contributed by atoms with Gasteiger partial charge >= 0.3 is 6.03 Å². The van der Waals surface area contributed by atoms with Crippen molar-refractivity contribution in [2.24, 2.45) is 0 Å². The highest BCUT2D eigenvalue weighted by molar-refractivity contribution is 6.23. The first kappa shape index (κ1) is 41.7. The van der Waals surface area contributed by atoms with Crippen molar-refractivity contribution in [1.82, 2.24) is 35.0 Å². The number of imide groups is 2. The Hall–Kier alpha value is -6.67. The zero-order valence-corrected chi connectivity index (χ0v) is 35.9. The largest absolute Gasteiger partial charge is 0.490 e. The first-order valence-corrected chi connectivity index (χ1v) is 21.9. The van der Waals surface area contributed by atoms with Gasteiger partial charge in [0.05, 0.1) is 40.3 Å². The number of hydrogen-bond donors (Lipinski definition) is 2. The van der Waals surface area contributed by atoms with Crippen molar-refractivity contribution < 1.29 is 28.7 Å². The highest BCUT2D eigenvalue weighted by Gasteiger charge is 2.46. The van der Waals surface area contributed by atoms with Crippen LogP contribution in [0.5, 0.6) is 5.75 Å². The number of nitrogens with one attached hydrogen (secondary N) is 2. The van der Waals surface area contributed by atoms with Crippen LogP contribution in [-0.2, 0) is 9.59 Å². The molecule has 2 aromatic carbocycles. The normalized spacial score (nSPS) is 24.1. The standard InChI is InChI=1S/C46H51N11O6/c1-26(2)56(32-18-34(19-32)63-33-8-9-35-37(20-33)44(61)57(43(35)60)39-11-12-40(58)52-42(39)59)31-13-16-53(17-14-31)45-49-22-30(23-50-45)51-46(62)55-25-27(3)54(24-28(55)4)38-10-7-29(21-47)41-36(38)6-5-15-48-41/h5-10,15,20,22-23,26-28,31-32,34,39H,11-14,16-19,24-25H2,1-4H3,(H,51,62)(H,52,58,59)/t27-,28+,32-,34-,39?/m0/s1. The average molecular weight is 854 g/mol. The van der Waals surface area contributed by atoms with Gasteiger partial charge in [-0.2, -0.15) is 5.26 Å². The van der Waals surface area contributed by atoms with E-state index in [1.54, 1.807) is 36.8 Å². The topological polar surface area (TPSA) is 197 Å². The Morgan fingerprint density at radius 2 is 1.67 bits per heavy atom. The minimum Gasteiger partial charge on any atom is -0.490 e. The number of hydrogen-bond acceptors (Lipinski definition) is 13. The summed E-state index contributed by atoms with van der Waals surface area (Å²) in [4.78, 5) is 87.8. The zero-order chi connectivity index (χ0) is 44.1. The van der Waals surface area contributed by atoms with E-state index in [2.05, 4.69) is 67.1 Å². The molecule has 6 amide bonds. The second-order valence-electron chi connectivity index (χ2n) is 17.6. The van der Waals surface area contributed by atoms with Gasteiger partial charge in [-0.05, 0) is 89.4 Å². The summed E-state index contributed by atoms with van der Waals surface area (Å²) >= 11 is 0. The van der Waals surface area contributed by atoms with Gasteiger partial charge < -0.3 is 24.8 Å². The second-order valence-corrected chi connectivity index (χ2v) is 17.6. The van der Waals surface area contributed by atoms with Gasteiger partial charge in [-0.15, -0.1) is 0 Å². The Labute approximate surface area is 365 Å². The molecule has 17 nitrogen and oxygen atoms in total. The molecule has 4 fully saturated rings. The van der Waals surface area contributed by atoms with Crippen LogP contribution in [-0.4, -0.2) is 128 Å². The number of pyridine rings is 1. The van der Waals surface area contributed by atoms with Crippen LogP contribution in [0.25, 0.3) is 10.9 Å². The van der Waals surface area contributed by atoms with Gasteiger partial charge in [0.15, 0.2) is 0 Å². The van der Waals surface area contributed by atoms with Crippen LogP contribution in [0.3, 0.4) is 0 Å². The number of urea groups is 1. The van der Waals surface area contributed by atoms with Crippen LogP contribution < -0.4 is 25.2 Å². The van der Waals surface area contributed by atoms with Gasteiger partial charge in [0.25, 0.3) is 11.8 Å².